The first-order valence-corrected chi connectivity index (χ1v) is 6.64. The van der Waals surface area contributed by atoms with E-state index in [0.717, 1.165) is 24.4 Å². The molecule has 2 heteroatoms. The van der Waals surface area contributed by atoms with Crippen molar-refractivity contribution in [1.29, 1.82) is 0 Å². The highest BCUT2D eigenvalue weighted by molar-refractivity contribution is 5.17. The van der Waals surface area contributed by atoms with Crippen molar-refractivity contribution in [1.82, 2.24) is 4.90 Å². The molecule has 1 fully saturated rings. The zero-order valence-corrected chi connectivity index (χ0v) is 10.8. The van der Waals surface area contributed by atoms with Gasteiger partial charge in [-0.2, -0.15) is 0 Å². The molecule has 1 heterocycles. The summed E-state index contributed by atoms with van der Waals surface area (Å²) >= 11 is 0. The van der Waals surface area contributed by atoms with Crippen molar-refractivity contribution in [2.75, 3.05) is 13.1 Å². The molecule has 1 aromatic carbocycles. The average molecular weight is 233 g/mol. The van der Waals surface area contributed by atoms with Gasteiger partial charge in [0.15, 0.2) is 0 Å². The van der Waals surface area contributed by atoms with Crippen LogP contribution < -0.4 is 0 Å². The second kappa shape index (κ2) is 5.65. The Kier molecular flexibility index (Phi) is 4.19. The van der Waals surface area contributed by atoms with Crippen LogP contribution in [0.15, 0.2) is 30.3 Å². The van der Waals surface area contributed by atoms with E-state index in [1.54, 1.807) is 0 Å². The molecule has 0 amide bonds. The van der Waals surface area contributed by atoms with E-state index in [2.05, 4.69) is 18.7 Å². The van der Waals surface area contributed by atoms with Crippen molar-refractivity contribution >= 4 is 0 Å². The molecular formula is C15H23NO. The number of nitrogens with zero attached hydrogens (tertiary/aromatic N) is 1. The molecule has 1 aliphatic heterocycles. The Bertz CT molecular complexity index is 338. The summed E-state index contributed by atoms with van der Waals surface area (Å²) in [6, 6.07) is 10.6. The van der Waals surface area contributed by atoms with Gasteiger partial charge in [0.2, 0.25) is 0 Å². The van der Waals surface area contributed by atoms with Gasteiger partial charge in [0.05, 0.1) is 6.10 Å². The van der Waals surface area contributed by atoms with Crippen LogP contribution in [-0.2, 0) is 0 Å². The van der Waals surface area contributed by atoms with Gasteiger partial charge in [-0.15, -0.1) is 0 Å². The summed E-state index contributed by atoms with van der Waals surface area (Å²) in [5.41, 5.74) is 1.03. The highest BCUT2D eigenvalue weighted by Gasteiger charge is 2.25. The van der Waals surface area contributed by atoms with Gasteiger partial charge in [-0.3, -0.25) is 0 Å². The Morgan fingerprint density at radius 3 is 2.59 bits per heavy atom. The van der Waals surface area contributed by atoms with Crippen LogP contribution in [0.3, 0.4) is 0 Å². The SMILES string of the molecule is CC1CC(C)N(CCC(O)c2ccccc2)C1. The fourth-order valence-corrected chi connectivity index (χ4v) is 2.83. The van der Waals surface area contributed by atoms with Crippen LogP contribution in [0.4, 0.5) is 0 Å². The Balaban J connectivity index is 1.82. The van der Waals surface area contributed by atoms with Gasteiger partial charge in [-0.05, 0) is 31.2 Å². The lowest BCUT2D eigenvalue weighted by Crippen LogP contribution is -2.29. The molecule has 0 saturated carbocycles. The molecule has 1 N–H and O–H groups in total. The maximum Gasteiger partial charge on any atom is 0.0802 e. The van der Waals surface area contributed by atoms with E-state index in [1.165, 1.54) is 13.0 Å². The molecule has 0 radical (unpaired) electrons. The highest BCUT2D eigenvalue weighted by Crippen LogP contribution is 2.24. The molecular weight excluding hydrogens is 210 g/mol. The minimum Gasteiger partial charge on any atom is -0.388 e. The Labute approximate surface area is 104 Å². The van der Waals surface area contributed by atoms with Crippen molar-refractivity contribution in [2.24, 2.45) is 5.92 Å². The highest BCUT2D eigenvalue weighted by atomic mass is 16.3. The molecule has 0 aliphatic carbocycles. The van der Waals surface area contributed by atoms with E-state index in [9.17, 15) is 5.11 Å². The van der Waals surface area contributed by atoms with Crippen molar-refractivity contribution in [3.8, 4) is 0 Å². The first-order valence-electron chi connectivity index (χ1n) is 6.64. The Hall–Kier alpha value is -0.860. The predicted molar refractivity (Wildman–Crippen MR) is 70.8 cm³/mol. The van der Waals surface area contributed by atoms with Gasteiger partial charge in [0, 0.05) is 19.1 Å². The number of aliphatic hydroxyl groups is 1. The lowest BCUT2D eigenvalue weighted by Gasteiger charge is -2.22. The van der Waals surface area contributed by atoms with Crippen molar-refractivity contribution < 1.29 is 5.11 Å². The maximum atomic E-state index is 10.1. The van der Waals surface area contributed by atoms with Crippen molar-refractivity contribution in [3.05, 3.63) is 35.9 Å². The van der Waals surface area contributed by atoms with Gasteiger partial charge < -0.3 is 10.0 Å². The van der Waals surface area contributed by atoms with Crippen LogP contribution in [0, 0.1) is 5.92 Å². The third kappa shape index (κ3) is 3.30. The molecule has 3 unspecified atom stereocenters. The molecule has 0 bridgehead atoms. The normalized spacial score (nSPS) is 27.2. The first-order chi connectivity index (χ1) is 8.16. The zero-order valence-electron chi connectivity index (χ0n) is 10.8. The predicted octanol–water partition coefficient (Wildman–Crippen LogP) is 2.84. The summed E-state index contributed by atoms with van der Waals surface area (Å²) in [5, 5.41) is 10.1. The molecule has 0 aromatic heterocycles. The Morgan fingerprint density at radius 1 is 1.29 bits per heavy atom. The molecule has 0 spiro atoms. The molecule has 1 saturated heterocycles. The molecule has 3 atom stereocenters. The molecule has 94 valence electrons. The monoisotopic (exact) mass is 233 g/mol. The van der Waals surface area contributed by atoms with E-state index in [4.69, 9.17) is 0 Å². The molecule has 1 aliphatic rings. The minimum atomic E-state index is -0.320. The van der Waals surface area contributed by atoms with E-state index >= 15 is 0 Å². The van der Waals surface area contributed by atoms with E-state index in [0.29, 0.717) is 6.04 Å². The fraction of sp³-hybridized carbons (Fsp3) is 0.600. The average Bonchev–Trinajstić information content (AvgIpc) is 2.66. The zero-order chi connectivity index (χ0) is 12.3. The number of hydrogen-bond acceptors (Lipinski definition) is 2. The maximum absolute atomic E-state index is 10.1. The summed E-state index contributed by atoms with van der Waals surface area (Å²) in [5.74, 6) is 0.805. The van der Waals surface area contributed by atoms with Gasteiger partial charge in [0.25, 0.3) is 0 Å². The Morgan fingerprint density at radius 2 is 2.00 bits per heavy atom. The van der Waals surface area contributed by atoms with Crippen LogP contribution in [0.5, 0.6) is 0 Å². The first kappa shape index (κ1) is 12.6. The lowest BCUT2D eigenvalue weighted by molar-refractivity contribution is 0.139. The van der Waals surface area contributed by atoms with Crippen LogP contribution in [-0.4, -0.2) is 29.1 Å². The standard InChI is InChI=1S/C15H23NO/c1-12-10-13(2)16(11-12)9-8-15(17)14-6-4-3-5-7-14/h3-7,12-13,15,17H,8-11H2,1-2H3. The summed E-state index contributed by atoms with van der Waals surface area (Å²) < 4.78 is 0. The summed E-state index contributed by atoms with van der Waals surface area (Å²) in [6.45, 7) is 6.78. The van der Waals surface area contributed by atoms with E-state index in [1.807, 2.05) is 30.3 Å². The molecule has 2 rings (SSSR count). The van der Waals surface area contributed by atoms with Gasteiger partial charge in [-0.25, -0.2) is 0 Å². The largest absolute Gasteiger partial charge is 0.388 e. The van der Waals surface area contributed by atoms with Crippen LogP contribution >= 0.6 is 0 Å². The summed E-state index contributed by atoms with van der Waals surface area (Å²) in [4.78, 5) is 2.50. The minimum absolute atomic E-state index is 0.320. The summed E-state index contributed by atoms with van der Waals surface area (Å²) in [6.07, 6.45) is 1.81. The second-order valence-corrected chi connectivity index (χ2v) is 5.40. The third-order valence-corrected chi connectivity index (χ3v) is 3.79. The third-order valence-electron chi connectivity index (χ3n) is 3.79. The molecule has 17 heavy (non-hydrogen) atoms. The lowest BCUT2D eigenvalue weighted by atomic mass is 10.1. The number of hydrogen-bond donors (Lipinski definition) is 1. The number of likely N-dealkylation sites (tertiary alicyclic amines) is 1. The molecule has 2 nitrogen and oxygen atoms in total. The van der Waals surface area contributed by atoms with Gasteiger partial charge >= 0.3 is 0 Å². The van der Waals surface area contributed by atoms with E-state index < -0.39 is 0 Å². The van der Waals surface area contributed by atoms with Crippen LogP contribution in [0.1, 0.15) is 38.4 Å². The molecule has 1 aromatic rings. The number of rotatable bonds is 4. The quantitative estimate of drug-likeness (QED) is 0.864. The fourth-order valence-electron chi connectivity index (χ4n) is 2.83. The van der Waals surface area contributed by atoms with Crippen molar-refractivity contribution in [2.45, 2.75) is 38.8 Å². The van der Waals surface area contributed by atoms with Crippen LogP contribution in [0.25, 0.3) is 0 Å². The van der Waals surface area contributed by atoms with Crippen molar-refractivity contribution in [3.63, 3.8) is 0 Å². The van der Waals surface area contributed by atoms with Gasteiger partial charge in [0.1, 0.15) is 0 Å². The number of benzene rings is 1. The van der Waals surface area contributed by atoms with Gasteiger partial charge in [-0.1, -0.05) is 37.3 Å². The van der Waals surface area contributed by atoms with E-state index in [-0.39, 0.29) is 6.10 Å². The van der Waals surface area contributed by atoms with Crippen LogP contribution in [0.2, 0.25) is 0 Å². The second-order valence-electron chi connectivity index (χ2n) is 5.40. The summed E-state index contributed by atoms with van der Waals surface area (Å²) in [7, 11) is 0. The number of aliphatic hydroxyl groups excluding tert-OH is 1. The smallest absolute Gasteiger partial charge is 0.0802 e. The topological polar surface area (TPSA) is 23.5 Å².